The highest BCUT2D eigenvalue weighted by Crippen LogP contribution is 2.14. The first kappa shape index (κ1) is 15.3. The molecule has 3 nitrogen and oxygen atoms in total. The van der Waals surface area contributed by atoms with Gasteiger partial charge in [0.05, 0.1) is 19.8 Å². The molecule has 0 aliphatic rings. The third kappa shape index (κ3) is 5.81. The Morgan fingerprint density at radius 3 is 2.10 bits per heavy atom. The molecule has 0 aliphatic heterocycles. The fourth-order valence-corrected chi connectivity index (χ4v) is 1.82. The van der Waals surface area contributed by atoms with Gasteiger partial charge in [-0.3, -0.25) is 0 Å². The Morgan fingerprint density at radius 2 is 1.43 bits per heavy atom. The van der Waals surface area contributed by atoms with Crippen molar-refractivity contribution in [3.05, 3.63) is 65.7 Å². The minimum Gasteiger partial charge on any atom is -0.491 e. The number of ether oxygens (including phenoxy) is 2. The highest BCUT2D eigenvalue weighted by atomic mass is 16.5. The molecule has 0 unspecified atom stereocenters. The molecule has 0 saturated heterocycles. The molecular formula is C18H20O3. The summed E-state index contributed by atoms with van der Waals surface area (Å²) in [4.78, 5) is 0. The molecule has 3 heteroatoms. The first-order chi connectivity index (χ1) is 10.4. The topological polar surface area (TPSA) is 38.7 Å². The van der Waals surface area contributed by atoms with Gasteiger partial charge in [0.15, 0.2) is 0 Å². The Balaban J connectivity index is 1.80. The molecule has 110 valence electrons. The average molecular weight is 284 g/mol. The fraction of sp³-hybridized carbons (Fsp3) is 0.222. The van der Waals surface area contributed by atoms with E-state index in [1.807, 2.05) is 42.5 Å². The van der Waals surface area contributed by atoms with E-state index in [0.717, 1.165) is 11.3 Å². The van der Waals surface area contributed by atoms with Crippen LogP contribution in [0.25, 0.3) is 12.2 Å². The molecule has 0 fully saturated rings. The molecule has 0 bridgehead atoms. The molecule has 2 aromatic rings. The SMILES string of the molecule is OCCOCCOc1ccc(C=Cc2ccccc2)cc1. The molecular weight excluding hydrogens is 264 g/mol. The van der Waals surface area contributed by atoms with Crippen molar-refractivity contribution in [3.63, 3.8) is 0 Å². The van der Waals surface area contributed by atoms with Crippen molar-refractivity contribution in [1.82, 2.24) is 0 Å². The third-order valence-corrected chi connectivity index (χ3v) is 2.88. The standard InChI is InChI=1S/C18H20O3/c19-12-13-20-14-15-21-18-10-8-17(9-11-18)7-6-16-4-2-1-3-5-16/h1-11,19H,12-15H2. The molecule has 2 aromatic carbocycles. The fourth-order valence-electron chi connectivity index (χ4n) is 1.82. The molecule has 0 spiro atoms. The maximum atomic E-state index is 8.57. The van der Waals surface area contributed by atoms with Gasteiger partial charge in [-0.05, 0) is 23.3 Å². The van der Waals surface area contributed by atoms with E-state index in [2.05, 4.69) is 24.3 Å². The lowest BCUT2D eigenvalue weighted by Gasteiger charge is -2.06. The normalized spacial score (nSPS) is 10.9. The van der Waals surface area contributed by atoms with E-state index in [1.165, 1.54) is 5.56 Å². The first-order valence-corrected chi connectivity index (χ1v) is 7.03. The van der Waals surface area contributed by atoms with Gasteiger partial charge in [0.25, 0.3) is 0 Å². The van der Waals surface area contributed by atoms with Gasteiger partial charge >= 0.3 is 0 Å². The monoisotopic (exact) mass is 284 g/mol. The summed E-state index contributed by atoms with van der Waals surface area (Å²) in [6.07, 6.45) is 4.15. The van der Waals surface area contributed by atoms with Crippen molar-refractivity contribution in [2.24, 2.45) is 0 Å². The van der Waals surface area contributed by atoms with Crippen LogP contribution in [0.5, 0.6) is 5.75 Å². The van der Waals surface area contributed by atoms with E-state index < -0.39 is 0 Å². The Labute approximate surface area is 125 Å². The Kier molecular flexibility index (Phi) is 6.52. The zero-order valence-corrected chi connectivity index (χ0v) is 11.9. The smallest absolute Gasteiger partial charge is 0.119 e. The second kappa shape index (κ2) is 8.95. The zero-order chi connectivity index (χ0) is 14.8. The average Bonchev–Trinajstić information content (AvgIpc) is 2.55. The van der Waals surface area contributed by atoms with Crippen molar-refractivity contribution in [2.75, 3.05) is 26.4 Å². The number of benzene rings is 2. The van der Waals surface area contributed by atoms with Crippen molar-refractivity contribution in [1.29, 1.82) is 0 Å². The quantitative estimate of drug-likeness (QED) is 0.597. The van der Waals surface area contributed by atoms with Crippen molar-refractivity contribution >= 4 is 12.2 Å². The predicted molar refractivity (Wildman–Crippen MR) is 85.2 cm³/mol. The Morgan fingerprint density at radius 1 is 0.762 bits per heavy atom. The number of hydrogen-bond donors (Lipinski definition) is 1. The minimum absolute atomic E-state index is 0.0441. The van der Waals surface area contributed by atoms with Gasteiger partial charge in [0, 0.05) is 0 Å². The van der Waals surface area contributed by atoms with Crippen LogP contribution in [0.15, 0.2) is 54.6 Å². The summed E-state index contributed by atoms with van der Waals surface area (Å²) in [7, 11) is 0. The van der Waals surface area contributed by atoms with Crippen LogP contribution in [-0.4, -0.2) is 31.5 Å². The van der Waals surface area contributed by atoms with Gasteiger partial charge < -0.3 is 14.6 Å². The van der Waals surface area contributed by atoms with Gasteiger partial charge in [0.2, 0.25) is 0 Å². The molecule has 0 radical (unpaired) electrons. The third-order valence-electron chi connectivity index (χ3n) is 2.88. The van der Waals surface area contributed by atoms with Gasteiger partial charge in [-0.2, -0.15) is 0 Å². The van der Waals surface area contributed by atoms with Crippen LogP contribution in [0.1, 0.15) is 11.1 Å². The molecule has 1 N–H and O–H groups in total. The summed E-state index contributed by atoms with van der Waals surface area (Å²) in [5.41, 5.74) is 2.31. The lowest BCUT2D eigenvalue weighted by Crippen LogP contribution is -2.08. The Bertz CT molecular complexity index is 532. The number of aliphatic hydroxyl groups excluding tert-OH is 1. The molecule has 0 saturated carbocycles. The van der Waals surface area contributed by atoms with Crippen LogP contribution in [-0.2, 0) is 4.74 Å². The summed E-state index contributed by atoms with van der Waals surface area (Å²) in [6.45, 7) is 1.37. The summed E-state index contributed by atoms with van der Waals surface area (Å²) < 4.78 is 10.7. The van der Waals surface area contributed by atoms with E-state index in [1.54, 1.807) is 0 Å². The van der Waals surface area contributed by atoms with Crippen LogP contribution < -0.4 is 4.74 Å². The number of aliphatic hydroxyl groups is 1. The molecule has 0 amide bonds. The number of rotatable bonds is 8. The van der Waals surface area contributed by atoms with E-state index in [0.29, 0.717) is 19.8 Å². The highest BCUT2D eigenvalue weighted by Gasteiger charge is 1.94. The van der Waals surface area contributed by atoms with Crippen LogP contribution >= 0.6 is 0 Å². The first-order valence-electron chi connectivity index (χ1n) is 7.03. The molecule has 0 atom stereocenters. The molecule has 2 rings (SSSR count). The lowest BCUT2D eigenvalue weighted by atomic mass is 10.1. The zero-order valence-electron chi connectivity index (χ0n) is 11.9. The number of hydrogen-bond acceptors (Lipinski definition) is 3. The van der Waals surface area contributed by atoms with Crippen LogP contribution in [0.4, 0.5) is 0 Å². The van der Waals surface area contributed by atoms with Crippen molar-refractivity contribution < 1.29 is 14.6 Å². The Hall–Kier alpha value is -2.10. The van der Waals surface area contributed by atoms with Gasteiger partial charge in [-0.25, -0.2) is 0 Å². The maximum absolute atomic E-state index is 8.57. The van der Waals surface area contributed by atoms with E-state index in [4.69, 9.17) is 14.6 Å². The van der Waals surface area contributed by atoms with E-state index >= 15 is 0 Å². The van der Waals surface area contributed by atoms with Crippen LogP contribution in [0.2, 0.25) is 0 Å². The van der Waals surface area contributed by atoms with Crippen LogP contribution in [0, 0.1) is 0 Å². The second-order valence-electron chi connectivity index (χ2n) is 4.50. The maximum Gasteiger partial charge on any atom is 0.119 e. The van der Waals surface area contributed by atoms with Gasteiger partial charge in [0.1, 0.15) is 12.4 Å². The molecule has 21 heavy (non-hydrogen) atoms. The second-order valence-corrected chi connectivity index (χ2v) is 4.50. The van der Waals surface area contributed by atoms with Crippen LogP contribution in [0.3, 0.4) is 0 Å². The molecule has 0 aromatic heterocycles. The summed E-state index contributed by atoms with van der Waals surface area (Å²) >= 11 is 0. The van der Waals surface area contributed by atoms with Gasteiger partial charge in [-0.15, -0.1) is 0 Å². The summed E-state index contributed by atoms with van der Waals surface area (Å²) in [5.74, 6) is 0.819. The lowest BCUT2D eigenvalue weighted by molar-refractivity contribution is 0.0705. The van der Waals surface area contributed by atoms with Crippen molar-refractivity contribution in [3.8, 4) is 5.75 Å². The molecule has 0 heterocycles. The summed E-state index contributed by atoms with van der Waals surface area (Å²) in [6, 6.07) is 18.1. The highest BCUT2D eigenvalue weighted by molar-refractivity contribution is 5.69. The summed E-state index contributed by atoms with van der Waals surface area (Å²) in [5, 5.41) is 8.57. The molecule has 0 aliphatic carbocycles. The van der Waals surface area contributed by atoms with Gasteiger partial charge in [-0.1, -0.05) is 54.6 Å². The minimum atomic E-state index is 0.0441. The largest absolute Gasteiger partial charge is 0.491 e. The van der Waals surface area contributed by atoms with E-state index in [9.17, 15) is 0 Å². The van der Waals surface area contributed by atoms with E-state index in [-0.39, 0.29) is 6.61 Å². The van der Waals surface area contributed by atoms with Crippen molar-refractivity contribution in [2.45, 2.75) is 0 Å². The predicted octanol–water partition coefficient (Wildman–Crippen LogP) is 3.24.